The number of para-hydroxylation sites is 1. The van der Waals surface area contributed by atoms with Crippen molar-refractivity contribution in [2.75, 3.05) is 26.2 Å². The first kappa shape index (κ1) is 19.8. The molecule has 4 heteroatoms. The lowest BCUT2D eigenvalue weighted by Crippen LogP contribution is -2.42. The second-order valence-corrected chi connectivity index (χ2v) is 7.63. The first-order valence-corrected chi connectivity index (χ1v) is 9.72. The van der Waals surface area contributed by atoms with E-state index >= 15 is 0 Å². The van der Waals surface area contributed by atoms with Gasteiger partial charge in [-0.05, 0) is 56.2 Å². The Balaban J connectivity index is 1.72. The van der Waals surface area contributed by atoms with Crippen LogP contribution in [0.3, 0.4) is 0 Å². The van der Waals surface area contributed by atoms with Gasteiger partial charge >= 0.3 is 0 Å². The van der Waals surface area contributed by atoms with Crippen LogP contribution in [0.15, 0.2) is 24.3 Å². The highest BCUT2D eigenvalue weighted by Crippen LogP contribution is 2.21. The van der Waals surface area contributed by atoms with E-state index in [4.69, 9.17) is 4.74 Å². The molecule has 0 spiro atoms. The molecule has 0 aromatic heterocycles. The van der Waals surface area contributed by atoms with Gasteiger partial charge in [0.2, 0.25) is 0 Å². The molecule has 0 aliphatic carbocycles. The summed E-state index contributed by atoms with van der Waals surface area (Å²) < 4.78 is 5.91. The van der Waals surface area contributed by atoms with E-state index in [1.807, 2.05) is 38.1 Å². The number of nitrogens with zero attached hydrogens (tertiary/aromatic N) is 1. The largest absolute Gasteiger partial charge is 0.480 e. The maximum Gasteiger partial charge on any atom is 0.261 e. The van der Waals surface area contributed by atoms with Gasteiger partial charge in [0, 0.05) is 19.6 Å². The molecule has 1 aliphatic rings. The van der Waals surface area contributed by atoms with Crippen molar-refractivity contribution in [2.24, 2.45) is 11.8 Å². The number of likely N-dealkylation sites (tertiary alicyclic amines) is 1. The van der Waals surface area contributed by atoms with Crippen LogP contribution in [0.4, 0.5) is 0 Å². The van der Waals surface area contributed by atoms with Crippen molar-refractivity contribution in [1.82, 2.24) is 10.2 Å². The highest BCUT2D eigenvalue weighted by molar-refractivity contribution is 5.81. The Bertz CT molecular complexity index is 536. The lowest BCUT2D eigenvalue weighted by molar-refractivity contribution is -0.128. The zero-order valence-electron chi connectivity index (χ0n) is 16.3. The summed E-state index contributed by atoms with van der Waals surface area (Å²) in [6.45, 7) is 12.8. The number of rotatable bonds is 8. The molecule has 1 aliphatic heterocycles. The summed E-state index contributed by atoms with van der Waals surface area (Å²) in [7, 11) is 0. The molecule has 1 heterocycles. The van der Waals surface area contributed by atoms with Gasteiger partial charge in [0.05, 0.1) is 0 Å². The number of hydrogen-bond donors (Lipinski definition) is 1. The van der Waals surface area contributed by atoms with Crippen LogP contribution < -0.4 is 10.1 Å². The monoisotopic (exact) mass is 346 g/mol. The van der Waals surface area contributed by atoms with Gasteiger partial charge in [0.25, 0.3) is 5.91 Å². The molecule has 1 fully saturated rings. The number of nitrogens with one attached hydrogen (secondary N) is 1. The Morgan fingerprint density at radius 3 is 2.60 bits per heavy atom. The maximum absolute atomic E-state index is 12.4. The number of benzene rings is 1. The molecule has 140 valence electrons. The molecule has 25 heavy (non-hydrogen) atoms. The molecule has 1 amide bonds. The average molecular weight is 347 g/mol. The normalized spacial score (nSPS) is 22.4. The highest BCUT2D eigenvalue weighted by Gasteiger charge is 2.22. The van der Waals surface area contributed by atoms with Gasteiger partial charge in [-0.3, -0.25) is 4.79 Å². The van der Waals surface area contributed by atoms with Crippen LogP contribution >= 0.6 is 0 Å². The molecule has 0 bridgehead atoms. The SMILES string of the molecule is CC[C@@H](Oc1ccccc1C)C(=O)NCCCN1C[C@H](C)C[C@H](C)C1. The first-order valence-electron chi connectivity index (χ1n) is 9.72. The molecular weight excluding hydrogens is 312 g/mol. The average Bonchev–Trinajstić information content (AvgIpc) is 2.57. The van der Waals surface area contributed by atoms with Gasteiger partial charge in [-0.2, -0.15) is 0 Å². The molecule has 1 aromatic carbocycles. The number of carbonyl (C=O) groups is 1. The molecule has 0 unspecified atom stereocenters. The Labute approximate surface area is 152 Å². The summed E-state index contributed by atoms with van der Waals surface area (Å²) >= 11 is 0. The molecule has 0 saturated carbocycles. The van der Waals surface area contributed by atoms with Gasteiger partial charge in [0.1, 0.15) is 5.75 Å². The number of aryl methyl sites for hydroxylation is 1. The smallest absolute Gasteiger partial charge is 0.261 e. The summed E-state index contributed by atoms with van der Waals surface area (Å²) in [5.41, 5.74) is 1.06. The molecule has 1 aromatic rings. The second-order valence-electron chi connectivity index (χ2n) is 7.63. The standard InChI is InChI=1S/C21H34N2O2/c1-5-19(25-20-10-7-6-9-18(20)4)21(24)22-11-8-12-23-14-16(2)13-17(3)15-23/h6-7,9-10,16-17,19H,5,8,11-15H2,1-4H3,(H,22,24)/t16-,17+,19-/m1/s1. The number of piperidine rings is 1. The second kappa shape index (κ2) is 9.81. The quantitative estimate of drug-likeness (QED) is 0.731. The van der Waals surface area contributed by atoms with Crippen molar-refractivity contribution in [1.29, 1.82) is 0 Å². The van der Waals surface area contributed by atoms with Crippen LogP contribution in [0, 0.1) is 18.8 Å². The topological polar surface area (TPSA) is 41.6 Å². The van der Waals surface area contributed by atoms with Crippen LogP contribution in [0.5, 0.6) is 5.75 Å². The Morgan fingerprint density at radius 1 is 1.28 bits per heavy atom. The van der Waals surface area contributed by atoms with E-state index < -0.39 is 6.10 Å². The molecule has 3 atom stereocenters. The van der Waals surface area contributed by atoms with E-state index in [0.29, 0.717) is 13.0 Å². The van der Waals surface area contributed by atoms with Crippen LogP contribution in [-0.2, 0) is 4.79 Å². The summed E-state index contributed by atoms with van der Waals surface area (Å²) in [5.74, 6) is 2.35. The zero-order valence-corrected chi connectivity index (χ0v) is 16.3. The fraction of sp³-hybridized carbons (Fsp3) is 0.667. The summed E-state index contributed by atoms with van der Waals surface area (Å²) in [6.07, 6.45) is 2.57. The summed E-state index contributed by atoms with van der Waals surface area (Å²) in [5, 5.41) is 3.04. The molecule has 0 radical (unpaired) electrons. The molecule has 4 nitrogen and oxygen atoms in total. The van der Waals surface area contributed by atoms with Crippen molar-refractivity contribution in [3.63, 3.8) is 0 Å². The van der Waals surface area contributed by atoms with E-state index in [1.54, 1.807) is 0 Å². The third-order valence-corrected chi connectivity index (χ3v) is 4.92. The lowest BCUT2D eigenvalue weighted by Gasteiger charge is -2.35. The van der Waals surface area contributed by atoms with Gasteiger partial charge in [-0.25, -0.2) is 0 Å². The fourth-order valence-corrected chi connectivity index (χ4v) is 3.77. The van der Waals surface area contributed by atoms with Crippen LogP contribution in [0.25, 0.3) is 0 Å². The number of carbonyl (C=O) groups excluding carboxylic acids is 1. The van der Waals surface area contributed by atoms with E-state index in [9.17, 15) is 4.79 Å². The third kappa shape index (κ3) is 6.35. The zero-order chi connectivity index (χ0) is 18.2. The van der Waals surface area contributed by atoms with Gasteiger partial charge in [0.15, 0.2) is 6.10 Å². The van der Waals surface area contributed by atoms with Crippen molar-refractivity contribution in [3.8, 4) is 5.75 Å². The first-order chi connectivity index (χ1) is 12.0. The fourth-order valence-electron chi connectivity index (χ4n) is 3.77. The third-order valence-electron chi connectivity index (χ3n) is 4.92. The predicted octanol–water partition coefficient (Wildman–Crippen LogP) is 3.64. The molecule has 1 N–H and O–H groups in total. The van der Waals surface area contributed by atoms with Crippen molar-refractivity contribution in [2.45, 2.75) is 53.1 Å². The van der Waals surface area contributed by atoms with E-state index in [1.165, 1.54) is 19.5 Å². The van der Waals surface area contributed by atoms with E-state index in [0.717, 1.165) is 36.1 Å². The van der Waals surface area contributed by atoms with Gasteiger partial charge in [-0.15, -0.1) is 0 Å². The van der Waals surface area contributed by atoms with Gasteiger partial charge < -0.3 is 15.0 Å². The predicted molar refractivity (Wildman–Crippen MR) is 103 cm³/mol. The minimum Gasteiger partial charge on any atom is -0.480 e. The summed E-state index contributed by atoms with van der Waals surface area (Å²) in [6, 6.07) is 7.84. The van der Waals surface area contributed by atoms with Crippen molar-refractivity contribution < 1.29 is 9.53 Å². The summed E-state index contributed by atoms with van der Waals surface area (Å²) in [4.78, 5) is 14.9. The minimum absolute atomic E-state index is 0.00821. The molecular formula is C21H34N2O2. The number of ether oxygens (including phenoxy) is 1. The minimum atomic E-state index is -0.420. The molecule has 2 rings (SSSR count). The molecule has 1 saturated heterocycles. The Morgan fingerprint density at radius 2 is 1.96 bits per heavy atom. The number of amides is 1. The van der Waals surface area contributed by atoms with Crippen molar-refractivity contribution >= 4 is 5.91 Å². The van der Waals surface area contributed by atoms with Crippen LogP contribution in [0.1, 0.15) is 45.6 Å². The van der Waals surface area contributed by atoms with Crippen LogP contribution in [-0.4, -0.2) is 43.1 Å². The highest BCUT2D eigenvalue weighted by atomic mass is 16.5. The van der Waals surface area contributed by atoms with Crippen LogP contribution in [0.2, 0.25) is 0 Å². The number of hydrogen-bond acceptors (Lipinski definition) is 3. The van der Waals surface area contributed by atoms with Gasteiger partial charge in [-0.1, -0.05) is 39.0 Å². The lowest BCUT2D eigenvalue weighted by atomic mass is 9.92. The Hall–Kier alpha value is -1.55. The van der Waals surface area contributed by atoms with Crippen molar-refractivity contribution in [3.05, 3.63) is 29.8 Å². The van der Waals surface area contributed by atoms with E-state index in [-0.39, 0.29) is 5.91 Å². The maximum atomic E-state index is 12.4. The Kier molecular flexibility index (Phi) is 7.76. The van der Waals surface area contributed by atoms with E-state index in [2.05, 4.69) is 24.1 Å².